The summed E-state index contributed by atoms with van der Waals surface area (Å²) in [5.74, 6) is 0.622. The summed E-state index contributed by atoms with van der Waals surface area (Å²) in [4.78, 5) is 7.63. The van der Waals surface area contributed by atoms with E-state index in [1.807, 2.05) is 6.92 Å². The predicted octanol–water partition coefficient (Wildman–Crippen LogP) is 0.923. The topological polar surface area (TPSA) is 58.0 Å². The highest BCUT2D eigenvalue weighted by atomic mass is 35.5. The van der Waals surface area contributed by atoms with Gasteiger partial charge in [-0.1, -0.05) is 11.6 Å². The Kier molecular flexibility index (Phi) is 3.25. The fourth-order valence-corrected chi connectivity index (χ4v) is 0.858. The molecule has 1 unspecified atom stereocenters. The molecule has 0 bridgehead atoms. The second-order valence-electron chi connectivity index (χ2n) is 2.45. The molecule has 2 N–H and O–H groups in total. The lowest BCUT2D eigenvalue weighted by Gasteiger charge is -2.10. The van der Waals surface area contributed by atoms with Crippen LogP contribution in [0, 0.1) is 0 Å². The van der Waals surface area contributed by atoms with Crippen LogP contribution in [0.15, 0.2) is 12.4 Å². The Morgan fingerprint density at radius 3 is 3.00 bits per heavy atom. The summed E-state index contributed by atoms with van der Waals surface area (Å²) >= 11 is 5.62. The number of aliphatic hydroxyl groups excluding tert-OH is 1. The third-order valence-electron chi connectivity index (χ3n) is 1.30. The molecule has 1 rings (SSSR count). The molecule has 0 fully saturated rings. The van der Waals surface area contributed by atoms with Crippen molar-refractivity contribution in [3.8, 4) is 0 Å². The highest BCUT2D eigenvalue weighted by molar-refractivity contribution is 6.29. The van der Waals surface area contributed by atoms with Crippen LogP contribution in [-0.2, 0) is 0 Å². The van der Waals surface area contributed by atoms with Gasteiger partial charge in [0.15, 0.2) is 0 Å². The van der Waals surface area contributed by atoms with Crippen LogP contribution in [0.4, 0.5) is 5.82 Å². The number of hydrogen-bond acceptors (Lipinski definition) is 4. The Labute approximate surface area is 75.6 Å². The van der Waals surface area contributed by atoms with Crippen molar-refractivity contribution in [2.24, 2.45) is 0 Å². The highest BCUT2D eigenvalue weighted by Crippen LogP contribution is 2.09. The summed E-state index contributed by atoms with van der Waals surface area (Å²) in [5, 5.41) is 12.1. The maximum Gasteiger partial charge on any atom is 0.134 e. The van der Waals surface area contributed by atoms with Crippen molar-refractivity contribution in [2.75, 3.05) is 11.9 Å². The lowest BCUT2D eigenvalue weighted by atomic mass is 10.3. The largest absolute Gasteiger partial charge is 0.394 e. The summed E-state index contributed by atoms with van der Waals surface area (Å²) in [6, 6.07) is 1.57. The first-order valence-electron chi connectivity index (χ1n) is 3.57. The second kappa shape index (κ2) is 4.23. The molecule has 66 valence electrons. The van der Waals surface area contributed by atoms with E-state index in [2.05, 4.69) is 15.3 Å². The van der Waals surface area contributed by atoms with Crippen molar-refractivity contribution in [1.29, 1.82) is 0 Å². The zero-order valence-electron chi connectivity index (χ0n) is 6.66. The van der Waals surface area contributed by atoms with Crippen molar-refractivity contribution in [3.05, 3.63) is 17.5 Å². The maximum atomic E-state index is 8.73. The summed E-state index contributed by atoms with van der Waals surface area (Å²) < 4.78 is 0. The van der Waals surface area contributed by atoms with Gasteiger partial charge in [0, 0.05) is 12.1 Å². The van der Waals surface area contributed by atoms with Crippen LogP contribution in [0.1, 0.15) is 6.92 Å². The van der Waals surface area contributed by atoms with E-state index >= 15 is 0 Å². The van der Waals surface area contributed by atoms with Crippen LogP contribution in [0.5, 0.6) is 0 Å². The van der Waals surface area contributed by atoms with Crippen LogP contribution in [0.3, 0.4) is 0 Å². The first-order chi connectivity index (χ1) is 5.72. The zero-order valence-corrected chi connectivity index (χ0v) is 7.41. The number of nitrogens with zero attached hydrogens (tertiary/aromatic N) is 2. The normalized spacial score (nSPS) is 12.6. The van der Waals surface area contributed by atoms with Gasteiger partial charge in [0.1, 0.15) is 17.3 Å². The minimum atomic E-state index is -0.0315. The number of nitrogens with one attached hydrogen (secondary N) is 1. The van der Waals surface area contributed by atoms with Gasteiger partial charge in [-0.15, -0.1) is 0 Å². The maximum absolute atomic E-state index is 8.73. The van der Waals surface area contributed by atoms with E-state index < -0.39 is 0 Å². The number of hydrogen-bond donors (Lipinski definition) is 2. The molecule has 1 aromatic rings. The van der Waals surface area contributed by atoms with Crippen molar-refractivity contribution in [2.45, 2.75) is 13.0 Å². The first kappa shape index (κ1) is 9.22. The molecule has 1 atom stereocenters. The molecular formula is C7H10ClN3O. The molecule has 5 heteroatoms. The molecule has 0 aliphatic heterocycles. The number of aromatic nitrogens is 2. The third-order valence-corrected chi connectivity index (χ3v) is 1.51. The SMILES string of the molecule is CC(CO)Nc1cc(Cl)ncn1. The van der Waals surface area contributed by atoms with Gasteiger partial charge in [-0.2, -0.15) is 0 Å². The standard InChI is InChI=1S/C7H10ClN3O/c1-5(3-12)11-7-2-6(8)9-4-10-7/h2,4-5,12H,3H2,1H3,(H,9,10,11). The Morgan fingerprint density at radius 2 is 2.42 bits per heavy atom. The molecule has 1 heterocycles. The Hall–Kier alpha value is -0.870. The molecule has 0 aliphatic carbocycles. The Balaban J connectivity index is 2.63. The molecule has 12 heavy (non-hydrogen) atoms. The molecule has 0 aliphatic rings. The van der Waals surface area contributed by atoms with Gasteiger partial charge >= 0.3 is 0 Å². The van der Waals surface area contributed by atoms with Crippen molar-refractivity contribution < 1.29 is 5.11 Å². The van der Waals surface area contributed by atoms with Crippen LogP contribution >= 0.6 is 11.6 Å². The third kappa shape index (κ3) is 2.64. The average molecular weight is 188 g/mol. The van der Waals surface area contributed by atoms with E-state index in [0.29, 0.717) is 11.0 Å². The minimum absolute atomic E-state index is 0.0315. The van der Waals surface area contributed by atoms with Gasteiger partial charge in [-0.05, 0) is 6.92 Å². The minimum Gasteiger partial charge on any atom is -0.394 e. The monoisotopic (exact) mass is 187 g/mol. The van der Waals surface area contributed by atoms with E-state index in [0.717, 1.165) is 0 Å². The van der Waals surface area contributed by atoms with Gasteiger partial charge in [0.25, 0.3) is 0 Å². The van der Waals surface area contributed by atoms with Crippen LogP contribution in [-0.4, -0.2) is 27.7 Å². The van der Waals surface area contributed by atoms with E-state index in [1.165, 1.54) is 6.33 Å². The Morgan fingerprint density at radius 1 is 1.67 bits per heavy atom. The van der Waals surface area contributed by atoms with E-state index in [4.69, 9.17) is 16.7 Å². The molecule has 1 aromatic heterocycles. The summed E-state index contributed by atoms with van der Waals surface area (Å²) in [7, 11) is 0. The number of halogens is 1. The molecule has 0 spiro atoms. The average Bonchev–Trinajstić information content (AvgIpc) is 2.04. The quantitative estimate of drug-likeness (QED) is 0.691. The molecule has 0 radical (unpaired) electrons. The molecule has 0 aromatic carbocycles. The summed E-state index contributed by atoms with van der Waals surface area (Å²) in [6.07, 6.45) is 1.37. The van der Waals surface area contributed by atoms with E-state index in [1.54, 1.807) is 6.07 Å². The Bertz CT molecular complexity index is 256. The lowest BCUT2D eigenvalue weighted by molar-refractivity contribution is 0.281. The van der Waals surface area contributed by atoms with Crippen molar-refractivity contribution >= 4 is 17.4 Å². The number of rotatable bonds is 3. The van der Waals surface area contributed by atoms with Crippen LogP contribution in [0.25, 0.3) is 0 Å². The fraction of sp³-hybridized carbons (Fsp3) is 0.429. The summed E-state index contributed by atoms with van der Waals surface area (Å²) in [6.45, 7) is 1.90. The molecule has 0 saturated heterocycles. The highest BCUT2D eigenvalue weighted by Gasteiger charge is 2.00. The molecule has 4 nitrogen and oxygen atoms in total. The molecule has 0 saturated carbocycles. The van der Waals surface area contributed by atoms with Gasteiger partial charge < -0.3 is 10.4 Å². The van der Waals surface area contributed by atoms with Crippen LogP contribution < -0.4 is 5.32 Å². The second-order valence-corrected chi connectivity index (χ2v) is 2.84. The van der Waals surface area contributed by atoms with Gasteiger partial charge in [0.05, 0.1) is 6.61 Å². The first-order valence-corrected chi connectivity index (χ1v) is 3.95. The van der Waals surface area contributed by atoms with E-state index in [9.17, 15) is 0 Å². The van der Waals surface area contributed by atoms with E-state index in [-0.39, 0.29) is 12.6 Å². The zero-order chi connectivity index (χ0) is 8.97. The number of anilines is 1. The van der Waals surface area contributed by atoms with Crippen molar-refractivity contribution in [3.63, 3.8) is 0 Å². The predicted molar refractivity (Wildman–Crippen MR) is 47.2 cm³/mol. The molecule has 0 amide bonds. The van der Waals surface area contributed by atoms with Gasteiger partial charge in [-0.3, -0.25) is 0 Å². The summed E-state index contributed by atoms with van der Waals surface area (Å²) in [5.41, 5.74) is 0. The van der Waals surface area contributed by atoms with Crippen LogP contribution in [0.2, 0.25) is 5.15 Å². The molecular weight excluding hydrogens is 178 g/mol. The lowest BCUT2D eigenvalue weighted by Crippen LogP contribution is -2.19. The smallest absolute Gasteiger partial charge is 0.134 e. The van der Waals surface area contributed by atoms with Crippen molar-refractivity contribution in [1.82, 2.24) is 9.97 Å². The fourth-order valence-electron chi connectivity index (χ4n) is 0.711. The number of aliphatic hydroxyl groups is 1. The van der Waals surface area contributed by atoms with Gasteiger partial charge in [0.2, 0.25) is 0 Å². The van der Waals surface area contributed by atoms with Gasteiger partial charge in [-0.25, -0.2) is 9.97 Å².